The van der Waals surface area contributed by atoms with Crippen LogP contribution in [0.3, 0.4) is 0 Å². The molecule has 9 atom stereocenters. The molecule has 0 aromatic rings. The van der Waals surface area contributed by atoms with Gasteiger partial charge in [0.1, 0.15) is 6.67 Å². The topological polar surface area (TPSA) is 154 Å². The second-order valence-electron chi connectivity index (χ2n) is 6.32. The molecule has 0 spiro atoms. The minimum absolute atomic E-state index is 0.333. The quantitative estimate of drug-likeness (QED) is 0.338. The molecule has 1 saturated heterocycles. The summed E-state index contributed by atoms with van der Waals surface area (Å²) >= 11 is 0. The van der Waals surface area contributed by atoms with E-state index in [0.717, 1.165) is 0 Å². The van der Waals surface area contributed by atoms with E-state index in [9.17, 15) is 14.6 Å². The molecule has 7 nitrogen and oxygen atoms in total. The maximum Gasteiger partial charge on any atom is 0.107 e. The van der Waals surface area contributed by atoms with Gasteiger partial charge in [0, 0.05) is 24.0 Å². The van der Waals surface area contributed by atoms with E-state index >= 15 is 0 Å². The third-order valence-corrected chi connectivity index (χ3v) is 4.80. The summed E-state index contributed by atoms with van der Waals surface area (Å²) in [6.07, 6.45) is -1.64. The van der Waals surface area contributed by atoms with Crippen molar-refractivity contribution in [2.45, 2.75) is 67.8 Å². The molecule has 1 aliphatic carbocycles. The van der Waals surface area contributed by atoms with Crippen LogP contribution >= 0.6 is 0 Å². The van der Waals surface area contributed by atoms with Crippen LogP contribution < -0.4 is 22.9 Å². The van der Waals surface area contributed by atoms with Crippen molar-refractivity contribution in [3.63, 3.8) is 0 Å². The molecule has 0 radical (unpaired) electrons. The third-order valence-electron chi connectivity index (χ3n) is 4.80. The molecule has 8 heteroatoms. The van der Waals surface area contributed by atoms with Crippen molar-refractivity contribution in [1.82, 2.24) is 0 Å². The number of hydrogen-bond acceptors (Lipinski definition) is 7. The average Bonchev–Trinajstić information content (AvgIpc) is 2.46. The summed E-state index contributed by atoms with van der Waals surface area (Å²) in [5, 5.41) is 20.2. The summed E-state index contributed by atoms with van der Waals surface area (Å²) in [4.78, 5) is 0. The Morgan fingerprint density at radius 2 is 1.71 bits per heavy atom. The van der Waals surface area contributed by atoms with Gasteiger partial charge in [0.15, 0.2) is 0 Å². The van der Waals surface area contributed by atoms with Gasteiger partial charge in [-0.05, 0) is 19.3 Å². The summed E-state index contributed by atoms with van der Waals surface area (Å²) in [5.41, 5.74) is 23.6. The van der Waals surface area contributed by atoms with Crippen LogP contribution in [0.2, 0.25) is 0 Å². The summed E-state index contributed by atoms with van der Waals surface area (Å²) in [5.74, 6) is -0.538. The molecule has 0 aromatic heterocycles. The number of hydrogen-bond donors (Lipinski definition) is 6. The highest BCUT2D eigenvalue weighted by Crippen LogP contribution is 2.33. The van der Waals surface area contributed by atoms with Gasteiger partial charge in [0.2, 0.25) is 0 Å². The lowest BCUT2D eigenvalue weighted by Crippen LogP contribution is -2.65. The Bertz CT molecular complexity index is 351. The number of aliphatic hydroxyl groups excluding tert-OH is 2. The first kappa shape index (κ1) is 17.0. The summed E-state index contributed by atoms with van der Waals surface area (Å²) in [6.45, 7) is -0.681. The first-order chi connectivity index (χ1) is 9.86. The van der Waals surface area contributed by atoms with Crippen molar-refractivity contribution in [3.8, 4) is 0 Å². The lowest BCUT2D eigenvalue weighted by molar-refractivity contribution is -0.157. The first-order valence-corrected chi connectivity index (χ1v) is 7.46. The maximum atomic E-state index is 12.7. The minimum Gasteiger partial charge on any atom is -0.390 e. The van der Waals surface area contributed by atoms with E-state index in [1.807, 2.05) is 0 Å². The van der Waals surface area contributed by atoms with Crippen molar-refractivity contribution in [3.05, 3.63) is 0 Å². The number of alkyl halides is 1. The highest BCUT2D eigenvalue weighted by Gasteiger charge is 2.48. The molecule has 0 bridgehead atoms. The van der Waals surface area contributed by atoms with Crippen molar-refractivity contribution in [2.75, 3.05) is 6.67 Å². The van der Waals surface area contributed by atoms with Crippen molar-refractivity contribution in [1.29, 1.82) is 0 Å². The molecule has 10 N–H and O–H groups in total. The molecule has 1 aliphatic heterocycles. The van der Waals surface area contributed by atoms with Crippen LogP contribution in [-0.2, 0) is 4.74 Å². The zero-order valence-electron chi connectivity index (χ0n) is 12.0. The predicted molar refractivity (Wildman–Crippen MR) is 75.9 cm³/mol. The third kappa shape index (κ3) is 3.37. The highest BCUT2D eigenvalue weighted by atomic mass is 19.1. The van der Waals surface area contributed by atoms with Gasteiger partial charge in [-0.3, -0.25) is 0 Å². The molecule has 0 amide bonds. The molecule has 1 saturated carbocycles. The lowest BCUT2D eigenvalue weighted by atomic mass is 9.72. The van der Waals surface area contributed by atoms with Crippen molar-refractivity contribution in [2.24, 2.45) is 28.9 Å². The average molecular weight is 306 g/mol. The normalized spacial score (nSPS) is 49.9. The Morgan fingerprint density at radius 3 is 2.33 bits per heavy atom. The van der Waals surface area contributed by atoms with E-state index < -0.39 is 55.1 Å². The molecule has 0 aromatic carbocycles. The monoisotopic (exact) mass is 306 g/mol. The molecule has 2 rings (SSSR count). The number of ether oxygens (including phenoxy) is 1. The second-order valence-corrected chi connectivity index (χ2v) is 6.32. The van der Waals surface area contributed by atoms with E-state index in [1.165, 1.54) is 0 Å². The van der Waals surface area contributed by atoms with Crippen LogP contribution in [0.15, 0.2) is 0 Å². The first-order valence-electron chi connectivity index (χ1n) is 7.46. The molecule has 1 heterocycles. The van der Waals surface area contributed by atoms with E-state index in [0.29, 0.717) is 19.3 Å². The molecule has 2 aliphatic rings. The lowest BCUT2D eigenvalue weighted by Gasteiger charge is -2.48. The molecular weight excluding hydrogens is 279 g/mol. The van der Waals surface area contributed by atoms with E-state index in [2.05, 4.69) is 0 Å². The van der Waals surface area contributed by atoms with Gasteiger partial charge >= 0.3 is 0 Å². The highest BCUT2D eigenvalue weighted by molar-refractivity contribution is 5.03. The second kappa shape index (κ2) is 6.82. The van der Waals surface area contributed by atoms with Crippen LogP contribution in [-0.4, -0.2) is 65.5 Å². The Balaban J connectivity index is 2.13. The molecule has 21 heavy (non-hydrogen) atoms. The van der Waals surface area contributed by atoms with Crippen LogP contribution in [0, 0.1) is 5.92 Å². The predicted octanol–water partition coefficient (Wildman–Crippen LogP) is -2.45. The largest absolute Gasteiger partial charge is 0.390 e. The summed E-state index contributed by atoms with van der Waals surface area (Å²) < 4.78 is 18.6. The fourth-order valence-corrected chi connectivity index (χ4v) is 3.47. The van der Waals surface area contributed by atoms with Crippen LogP contribution in [0.5, 0.6) is 0 Å². The molecule has 124 valence electrons. The van der Waals surface area contributed by atoms with E-state index in [4.69, 9.17) is 27.7 Å². The zero-order chi connectivity index (χ0) is 15.7. The number of halogens is 1. The van der Waals surface area contributed by atoms with Gasteiger partial charge in [-0.2, -0.15) is 0 Å². The van der Waals surface area contributed by atoms with Gasteiger partial charge in [-0.15, -0.1) is 0 Å². The van der Waals surface area contributed by atoms with Crippen molar-refractivity contribution >= 4 is 0 Å². The van der Waals surface area contributed by atoms with Gasteiger partial charge in [0.05, 0.1) is 30.5 Å². The van der Waals surface area contributed by atoms with Crippen LogP contribution in [0.25, 0.3) is 0 Å². The van der Waals surface area contributed by atoms with E-state index in [-0.39, 0.29) is 6.04 Å². The maximum absolute atomic E-state index is 12.7. The minimum atomic E-state index is -1.11. The zero-order valence-corrected chi connectivity index (χ0v) is 12.0. The fraction of sp³-hybridized carbons (Fsp3) is 1.00. The SMILES string of the molecule is N[C@H](CF)[C@@H]1CC[C@@H](N)[C@@H](C2C(O)[C@@H](O)[C@H](N)C[C@@H]2N)O1. The van der Waals surface area contributed by atoms with Gasteiger partial charge < -0.3 is 37.9 Å². The fourth-order valence-electron chi connectivity index (χ4n) is 3.47. The van der Waals surface area contributed by atoms with Crippen molar-refractivity contribution < 1.29 is 19.3 Å². The Labute approximate surface area is 123 Å². The number of aliphatic hydroxyl groups is 2. The Hall–Kier alpha value is -0.350. The Kier molecular flexibility index (Phi) is 5.53. The number of nitrogens with two attached hydrogens (primary N) is 4. The van der Waals surface area contributed by atoms with Crippen LogP contribution in [0.1, 0.15) is 19.3 Å². The van der Waals surface area contributed by atoms with Gasteiger partial charge in [-0.25, -0.2) is 4.39 Å². The summed E-state index contributed by atoms with van der Waals surface area (Å²) in [7, 11) is 0. The summed E-state index contributed by atoms with van der Waals surface area (Å²) in [6, 6.07) is -2.06. The molecular formula is C13H27FN4O3. The van der Waals surface area contributed by atoms with E-state index in [1.54, 1.807) is 0 Å². The number of rotatable bonds is 3. The van der Waals surface area contributed by atoms with Crippen LogP contribution in [0.4, 0.5) is 4.39 Å². The molecule has 2 fully saturated rings. The Morgan fingerprint density at radius 1 is 1.05 bits per heavy atom. The molecule has 2 unspecified atom stereocenters. The van der Waals surface area contributed by atoms with Gasteiger partial charge in [-0.1, -0.05) is 0 Å². The smallest absolute Gasteiger partial charge is 0.107 e. The van der Waals surface area contributed by atoms with Gasteiger partial charge in [0.25, 0.3) is 0 Å². The standard InChI is InChI=1S/C13H27FN4O3/c14-4-8(18)9-2-1-5(15)13(21-9)10-6(16)3-7(17)11(19)12(10)20/h5-13,19-20H,1-4,15-18H2/t5-,6+,7-,8-,9+,10?,11+,12?,13+/m1/s1.